The molecule has 1 rings (SSSR count). The van der Waals surface area contributed by atoms with Crippen molar-refractivity contribution in [3.8, 4) is 0 Å². The van der Waals surface area contributed by atoms with Gasteiger partial charge < -0.3 is 0 Å². The molecule has 0 fully saturated rings. The Morgan fingerprint density at radius 1 is 1.17 bits per heavy atom. The summed E-state index contributed by atoms with van der Waals surface area (Å²) in [5.41, 5.74) is 2.68. The third-order valence-electron chi connectivity index (χ3n) is 2.27. The molecular weight excluding hydrogens is 267 g/mol. The third-order valence-corrected chi connectivity index (χ3v) is 2.83. The second-order valence-electron chi connectivity index (χ2n) is 5.07. The van der Waals surface area contributed by atoms with Crippen LogP contribution in [0.5, 0.6) is 0 Å². The summed E-state index contributed by atoms with van der Waals surface area (Å²) in [6.07, 6.45) is 0.629. The Balaban J connectivity index is 0.000000631. The van der Waals surface area contributed by atoms with Crippen LogP contribution in [0.2, 0.25) is 0 Å². The monoisotopic (exact) mass is 282 g/mol. The van der Waals surface area contributed by atoms with Crippen LogP contribution in [0.3, 0.4) is 0 Å². The molecule has 0 atom stereocenters. The van der Waals surface area contributed by atoms with Gasteiger partial charge in [0.1, 0.15) is 0 Å². The van der Waals surface area contributed by atoms with E-state index < -0.39 is 7.54 Å². The van der Waals surface area contributed by atoms with E-state index in [0.29, 0.717) is 55.3 Å². The molecule has 94 valence electrons. The summed E-state index contributed by atoms with van der Waals surface area (Å²) in [4.78, 5) is 11.0. The summed E-state index contributed by atoms with van der Waals surface area (Å²) in [6.45, 7) is 6.59. The zero-order valence-corrected chi connectivity index (χ0v) is 14.3. The Morgan fingerprint density at radius 3 is 1.83 bits per heavy atom. The standard InChI is InChI=1S/C12H15O.BF3.K/c1-12(2,3)11-6-4-10(5-7-11)8-9-13;2-1(3)4;/h4-7H,8H2,1-3H3;;. The molecular formula is C12H15BF3KO. The molecule has 0 amide bonds. The van der Waals surface area contributed by atoms with Crippen molar-refractivity contribution in [3.63, 3.8) is 0 Å². The maximum Gasteiger partial charge on any atom is 0.762 e. The fourth-order valence-corrected chi connectivity index (χ4v) is 2.05. The molecule has 0 aliphatic rings. The van der Waals surface area contributed by atoms with Crippen LogP contribution < -0.4 is 0 Å². The average Bonchev–Trinajstić information content (AvgIpc) is 2.14. The molecule has 0 saturated carbocycles. The molecule has 0 aliphatic carbocycles. The number of hydrogen-bond donors (Lipinski definition) is 0. The first-order valence-electron chi connectivity index (χ1n) is 5.64. The number of hydrogen-bond acceptors (Lipinski definition) is 1. The largest absolute Gasteiger partial charge is 0.762 e. The van der Waals surface area contributed by atoms with Crippen molar-refractivity contribution in [2.45, 2.75) is 32.6 Å². The molecule has 0 N–H and O–H groups in total. The molecule has 0 aliphatic heterocycles. The van der Waals surface area contributed by atoms with Crippen molar-refractivity contribution < 1.29 is 17.7 Å². The van der Waals surface area contributed by atoms with Gasteiger partial charge in [-0.05, 0) is 0 Å². The fraction of sp³-hybridized carbons (Fsp3) is 0.417. The second-order valence-corrected chi connectivity index (χ2v) is 6.81. The Labute approximate surface area is 140 Å². The van der Waals surface area contributed by atoms with Crippen molar-refractivity contribution in [1.29, 1.82) is 0 Å². The zero-order valence-electron chi connectivity index (χ0n) is 11.1. The summed E-state index contributed by atoms with van der Waals surface area (Å²) >= 11 is 0.315. The first-order valence-corrected chi connectivity index (χ1v) is 7.20. The summed E-state index contributed by atoms with van der Waals surface area (Å²) < 4.78 is 29.4. The molecule has 6 heteroatoms. The number of rotatable bonds is 2. The predicted molar refractivity (Wildman–Crippen MR) is 68.7 cm³/mol. The van der Waals surface area contributed by atoms with Crippen LogP contribution >= 0.6 is 0 Å². The SMILES string of the molecule is CC(C)(C)c1ccc(C[C](=O)[K])cc1.FB(F)F. The minimum Gasteiger partial charge on any atom is -0.254 e. The van der Waals surface area contributed by atoms with E-state index in [1.807, 2.05) is 0 Å². The number of halogens is 3. The summed E-state index contributed by atoms with van der Waals surface area (Å²) in [5, 5.41) is 0. The van der Waals surface area contributed by atoms with Crippen LogP contribution in [0.4, 0.5) is 12.9 Å². The minimum absolute atomic E-state index is 0.201. The van der Waals surface area contributed by atoms with Crippen LogP contribution in [0.1, 0.15) is 31.9 Å². The molecule has 0 saturated heterocycles. The Hall–Kier alpha value is 0.381. The van der Waals surface area contributed by atoms with Crippen molar-refractivity contribution in [1.82, 2.24) is 0 Å². The van der Waals surface area contributed by atoms with Gasteiger partial charge in [-0.1, -0.05) is 0 Å². The molecule has 0 unspecified atom stereocenters. The van der Waals surface area contributed by atoms with E-state index in [4.69, 9.17) is 0 Å². The van der Waals surface area contributed by atoms with Crippen LogP contribution in [-0.4, -0.2) is 56.4 Å². The van der Waals surface area contributed by atoms with Crippen LogP contribution in [0.25, 0.3) is 0 Å². The molecule has 0 heterocycles. The molecule has 0 radical (unpaired) electrons. The maximum absolute atomic E-state index is 11.0. The average molecular weight is 282 g/mol. The van der Waals surface area contributed by atoms with Gasteiger partial charge in [-0.15, -0.1) is 0 Å². The second kappa shape index (κ2) is 8.53. The normalized spacial score (nSPS) is 10.4. The molecule has 18 heavy (non-hydrogen) atoms. The Bertz CT molecular complexity index is 371. The summed E-state index contributed by atoms with van der Waals surface area (Å²) in [5.74, 6) is 0. The van der Waals surface area contributed by atoms with E-state index in [-0.39, 0.29) is 5.41 Å². The van der Waals surface area contributed by atoms with Gasteiger partial charge in [0.05, 0.1) is 0 Å². The van der Waals surface area contributed by atoms with E-state index >= 15 is 0 Å². The Morgan fingerprint density at radius 2 is 1.56 bits per heavy atom. The van der Waals surface area contributed by atoms with E-state index in [0.717, 1.165) is 5.56 Å². The number of carbonyl (C=O) groups is 1. The van der Waals surface area contributed by atoms with E-state index in [9.17, 15) is 17.7 Å². The Kier molecular flexibility index (Phi) is 8.71. The molecule has 0 spiro atoms. The summed E-state index contributed by atoms with van der Waals surface area (Å²) in [6, 6.07) is 8.41. The topological polar surface area (TPSA) is 17.1 Å². The van der Waals surface area contributed by atoms with Crippen molar-refractivity contribution in [2.24, 2.45) is 0 Å². The van der Waals surface area contributed by atoms with Gasteiger partial charge in [-0.25, -0.2) is 0 Å². The fourth-order valence-electron chi connectivity index (χ4n) is 1.41. The van der Waals surface area contributed by atoms with E-state index in [1.165, 1.54) is 5.56 Å². The zero-order chi connectivity index (χ0) is 14.3. The molecule has 1 aromatic rings. The minimum atomic E-state index is -3.67. The van der Waals surface area contributed by atoms with Gasteiger partial charge in [0, 0.05) is 0 Å². The van der Waals surface area contributed by atoms with Gasteiger partial charge in [0.15, 0.2) is 0 Å². The van der Waals surface area contributed by atoms with Crippen molar-refractivity contribution in [3.05, 3.63) is 35.4 Å². The predicted octanol–water partition coefficient (Wildman–Crippen LogP) is 3.10. The van der Waals surface area contributed by atoms with Crippen LogP contribution in [0, 0.1) is 0 Å². The van der Waals surface area contributed by atoms with Gasteiger partial charge >= 0.3 is 129 Å². The number of benzene rings is 1. The van der Waals surface area contributed by atoms with Crippen molar-refractivity contribution >= 4 is 56.4 Å². The summed E-state index contributed by atoms with van der Waals surface area (Å²) in [7, 11) is -3.67. The van der Waals surface area contributed by atoms with Gasteiger partial charge in [-0.2, -0.15) is 0 Å². The van der Waals surface area contributed by atoms with E-state index in [1.54, 1.807) is 0 Å². The van der Waals surface area contributed by atoms with Crippen LogP contribution in [-0.2, 0) is 16.6 Å². The van der Waals surface area contributed by atoms with Crippen LogP contribution in [0.15, 0.2) is 24.3 Å². The molecule has 1 nitrogen and oxygen atoms in total. The third kappa shape index (κ3) is 9.33. The van der Waals surface area contributed by atoms with Gasteiger partial charge in [0.25, 0.3) is 0 Å². The molecule has 0 bridgehead atoms. The van der Waals surface area contributed by atoms with E-state index in [2.05, 4.69) is 45.0 Å². The smallest absolute Gasteiger partial charge is 0.254 e. The number of carbonyl (C=O) groups excluding carboxylic acids is 1. The molecule has 1 aromatic carbocycles. The quantitative estimate of drug-likeness (QED) is 0.762. The first kappa shape index (κ1) is 18.4. The maximum atomic E-state index is 11.0. The van der Waals surface area contributed by atoms with Gasteiger partial charge in [-0.3, -0.25) is 12.9 Å². The first-order chi connectivity index (χ1) is 8.12. The molecule has 0 aromatic heterocycles. The van der Waals surface area contributed by atoms with Crippen molar-refractivity contribution in [2.75, 3.05) is 0 Å². The van der Waals surface area contributed by atoms with Gasteiger partial charge in [0.2, 0.25) is 0 Å².